The molecule has 5 aromatic rings. The molecular formula is C37H40N2O4. The number of aryl methyl sites for hydroxylation is 2. The Hall–Kier alpha value is -4.55. The Kier molecular flexibility index (Phi) is 9.80. The van der Waals surface area contributed by atoms with Crippen LogP contribution in [-0.2, 0) is 31.1 Å². The minimum absolute atomic E-state index is 0.449. The summed E-state index contributed by atoms with van der Waals surface area (Å²) < 4.78 is 12.8. The number of nitrogens with one attached hydrogen (secondary N) is 1. The van der Waals surface area contributed by atoms with Gasteiger partial charge in [-0.2, -0.15) is 0 Å². The predicted octanol–water partition coefficient (Wildman–Crippen LogP) is 8.06. The highest BCUT2D eigenvalue weighted by atomic mass is 16.5. The third-order valence-corrected chi connectivity index (χ3v) is 7.80. The van der Waals surface area contributed by atoms with E-state index in [9.17, 15) is 9.90 Å². The first-order valence-electron chi connectivity index (χ1n) is 14.8. The number of hydrogen-bond acceptors (Lipinski definition) is 4. The lowest BCUT2D eigenvalue weighted by Crippen LogP contribution is -2.27. The van der Waals surface area contributed by atoms with Gasteiger partial charge in [0.2, 0.25) is 0 Å². The Morgan fingerprint density at radius 3 is 2.16 bits per heavy atom. The number of H-pyrrole nitrogens is 1. The highest BCUT2D eigenvalue weighted by Gasteiger charge is 2.19. The lowest BCUT2D eigenvalue weighted by atomic mass is 10.0. The van der Waals surface area contributed by atoms with Crippen LogP contribution < -0.4 is 9.47 Å². The van der Waals surface area contributed by atoms with E-state index in [1.165, 1.54) is 11.1 Å². The first-order chi connectivity index (χ1) is 20.9. The molecule has 0 radical (unpaired) electrons. The summed E-state index contributed by atoms with van der Waals surface area (Å²) in [5.41, 5.74) is 7.81. The number of benzene rings is 4. The van der Waals surface area contributed by atoms with E-state index in [-0.39, 0.29) is 0 Å². The van der Waals surface area contributed by atoms with Crippen molar-refractivity contribution in [3.05, 3.63) is 131 Å². The van der Waals surface area contributed by atoms with Crippen LogP contribution in [0.2, 0.25) is 0 Å². The lowest BCUT2D eigenvalue weighted by molar-refractivity contribution is -0.141. The normalized spacial score (nSPS) is 12.0. The van der Waals surface area contributed by atoms with Crippen molar-refractivity contribution >= 4 is 16.9 Å². The van der Waals surface area contributed by atoms with Gasteiger partial charge in [0.1, 0.15) is 24.7 Å². The van der Waals surface area contributed by atoms with Crippen LogP contribution in [0.15, 0.2) is 97.2 Å². The molecule has 0 bridgehead atoms. The van der Waals surface area contributed by atoms with Gasteiger partial charge in [-0.05, 0) is 62.2 Å². The van der Waals surface area contributed by atoms with Gasteiger partial charge >= 0.3 is 5.97 Å². The summed E-state index contributed by atoms with van der Waals surface area (Å²) in [4.78, 5) is 17.3. The number of aromatic nitrogens is 1. The Balaban J connectivity index is 1.41. The van der Waals surface area contributed by atoms with Crippen LogP contribution in [0.4, 0.5) is 0 Å². The van der Waals surface area contributed by atoms with Gasteiger partial charge in [0, 0.05) is 41.3 Å². The summed E-state index contributed by atoms with van der Waals surface area (Å²) >= 11 is 0. The van der Waals surface area contributed by atoms with Gasteiger partial charge in [0.15, 0.2) is 0 Å². The molecule has 1 aromatic heterocycles. The largest absolute Gasteiger partial charge is 0.489 e. The lowest BCUT2D eigenvalue weighted by Gasteiger charge is -2.26. The second kappa shape index (κ2) is 14.1. The Bertz CT molecular complexity index is 1670. The minimum Gasteiger partial charge on any atom is -0.489 e. The molecule has 222 valence electrons. The smallest absolute Gasteiger partial charge is 0.306 e. The maximum atomic E-state index is 11.7. The van der Waals surface area contributed by atoms with Crippen molar-refractivity contribution in [1.82, 2.24) is 9.88 Å². The molecule has 0 fully saturated rings. The van der Waals surface area contributed by atoms with E-state index in [1.807, 2.05) is 42.6 Å². The molecule has 0 spiro atoms. The van der Waals surface area contributed by atoms with Gasteiger partial charge in [-0.25, -0.2) is 0 Å². The molecule has 0 unspecified atom stereocenters. The first-order valence-corrected chi connectivity index (χ1v) is 14.8. The van der Waals surface area contributed by atoms with Crippen LogP contribution in [0.25, 0.3) is 10.9 Å². The number of aliphatic carboxylic acids is 1. The second-order valence-corrected chi connectivity index (χ2v) is 11.4. The minimum atomic E-state index is -0.781. The van der Waals surface area contributed by atoms with Crippen molar-refractivity contribution in [2.24, 2.45) is 5.92 Å². The molecule has 6 heteroatoms. The molecule has 1 heterocycles. The molecule has 0 aliphatic heterocycles. The monoisotopic (exact) mass is 576 g/mol. The fraction of sp³-hybridized carbons (Fsp3) is 0.270. The van der Waals surface area contributed by atoms with Crippen molar-refractivity contribution in [3.63, 3.8) is 0 Å². The molecule has 0 saturated carbocycles. The van der Waals surface area contributed by atoms with Crippen molar-refractivity contribution < 1.29 is 19.4 Å². The second-order valence-electron chi connectivity index (χ2n) is 11.4. The van der Waals surface area contributed by atoms with E-state index in [4.69, 9.17) is 9.47 Å². The molecule has 43 heavy (non-hydrogen) atoms. The third kappa shape index (κ3) is 8.05. The summed E-state index contributed by atoms with van der Waals surface area (Å²) in [5, 5.41) is 10.7. The van der Waals surface area contributed by atoms with Gasteiger partial charge < -0.3 is 19.6 Å². The van der Waals surface area contributed by atoms with Crippen molar-refractivity contribution in [2.45, 2.75) is 53.5 Å². The molecule has 1 atom stereocenters. The zero-order valence-electron chi connectivity index (χ0n) is 25.2. The van der Waals surface area contributed by atoms with Gasteiger partial charge in [0.05, 0.1) is 5.92 Å². The SMILES string of the molecule is Cc1cccc(COc2ccccc2CN(CC[C@H](C)C(=O)O)Cc2c(OCc3cccc(C)c3)ccc3[nH]ccc23)c1. The standard InChI is InChI=1S/C37H40N2O4/c1-26-8-6-10-29(20-26)24-42-35-13-5-4-12-31(35)22-39(19-17-28(3)37(40)41)23-33-32-16-18-38-34(32)14-15-36(33)43-25-30-11-7-9-27(2)21-30/h4-16,18,20-21,28,38H,17,19,22-25H2,1-3H3,(H,40,41)/t28-/m0/s1. The molecule has 6 nitrogen and oxygen atoms in total. The van der Waals surface area contributed by atoms with Gasteiger partial charge in [-0.3, -0.25) is 9.69 Å². The highest BCUT2D eigenvalue weighted by Crippen LogP contribution is 2.31. The van der Waals surface area contributed by atoms with E-state index in [0.29, 0.717) is 39.3 Å². The number of rotatable bonds is 14. The zero-order chi connectivity index (χ0) is 30.2. The summed E-state index contributed by atoms with van der Waals surface area (Å²) in [5.74, 6) is 0.428. The molecule has 2 N–H and O–H groups in total. The fourth-order valence-corrected chi connectivity index (χ4v) is 5.35. The number of fused-ring (bicyclic) bond motifs is 1. The summed E-state index contributed by atoms with van der Waals surface area (Å²) in [6.45, 7) is 8.69. The molecule has 5 rings (SSSR count). The van der Waals surface area contributed by atoms with Gasteiger partial charge in [0.25, 0.3) is 0 Å². The number of carbonyl (C=O) groups is 1. The topological polar surface area (TPSA) is 74.8 Å². The van der Waals surface area contributed by atoms with Crippen LogP contribution in [-0.4, -0.2) is 27.5 Å². The number of hydrogen-bond donors (Lipinski definition) is 2. The van der Waals surface area contributed by atoms with Crippen LogP contribution >= 0.6 is 0 Å². The van der Waals surface area contributed by atoms with E-state index in [2.05, 4.69) is 78.3 Å². The highest BCUT2D eigenvalue weighted by molar-refractivity contribution is 5.85. The maximum Gasteiger partial charge on any atom is 0.306 e. The Labute approximate surface area is 253 Å². The number of carboxylic acid groups (broad SMARTS) is 1. The molecule has 0 aliphatic rings. The zero-order valence-corrected chi connectivity index (χ0v) is 25.2. The van der Waals surface area contributed by atoms with E-state index < -0.39 is 11.9 Å². The molecule has 0 saturated heterocycles. The summed E-state index contributed by atoms with van der Waals surface area (Å²) in [7, 11) is 0. The predicted molar refractivity (Wildman–Crippen MR) is 171 cm³/mol. The summed E-state index contributed by atoms with van der Waals surface area (Å²) in [6.07, 6.45) is 2.48. The van der Waals surface area contributed by atoms with Crippen molar-refractivity contribution in [3.8, 4) is 11.5 Å². The van der Waals surface area contributed by atoms with E-state index in [0.717, 1.165) is 44.7 Å². The maximum absolute atomic E-state index is 11.7. The van der Waals surface area contributed by atoms with Crippen molar-refractivity contribution in [1.29, 1.82) is 0 Å². The average molecular weight is 577 g/mol. The van der Waals surface area contributed by atoms with Gasteiger partial charge in [-0.1, -0.05) is 84.8 Å². The third-order valence-electron chi connectivity index (χ3n) is 7.80. The number of ether oxygens (including phenoxy) is 2. The Morgan fingerprint density at radius 1 is 0.814 bits per heavy atom. The Morgan fingerprint density at radius 2 is 1.49 bits per heavy atom. The molecule has 4 aromatic carbocycles. The van der Waals surface area contributed by atoms with Crippen molar-refractivity contribution in [2.75, 3.05) is 6.54 Å². The van der Waals surface area contributed by atoms with E-state index >= 15 is 0 Å². The quantitative estimate of drug-likeness (QED) is 0.140. The summed E-state index contributed by atoms with van der Waals surface area (Å²) in [6, 6.07) is 31.0. The number of carboxylic acids is 1. The van der Waals surface area contributed by atoms with Crippen LogP contribution in [0.1, 0.15) is 46.7 Å². The number of nitrogens with zero attached hydrogens (tertiary/aromatic N) is 1. The molecule has 0 amide bonds. The molecule has 0 aliphatic carbocycles. The molecular weight excluding hydrogens is 536 g/mol. The van der Waals surface area contributed by atoms with Crippen LogP contribution in [0.5, 0.6) is 11.5 Å². The first kappa shape index (κ1) is 29.9. The fourth-order valence-electron chi connectivity index (χ4n) is 5.35. The van der Waals surface area contributed by atoms with E-state index in [1.54, 1.807) is 6.92 Å². The van der Waals surface area contributed by atoms with Gasteiger partial charge in [-0.15, -0.1) is 0 Å². The van der Waals surface area contributed by atoms with Crippen LogP contribution in [0, 0.1) is 19.8 Å². The number of aromatic amines is 1. The van der Waals surface area contributed by atoms with Crippen LogP contribution in [0.3, 0.4) is 0 Å². The average Bonchev–Trinajstić information content (AvgIpc) is 3.48. The number of para-hydroxylation sites is 1.